The van der Waals surface area contributed by atoms with Crippen LogP contribution in [-0.2, 0) is 6.42 Å². The van der Waals surface area contributed by atoms with E-state index in [1.807, 2.05) is 25.3 Å². The minimum Gasteiger partial charge on any atom is -0.397 e. The lowest BCUT2D eigenvalue weighted by Crippen LogP contribution is -2.11. The molecule has 0 spiro atoms. The Balaban J connectivity index is 1.40. The van der Waals surface area contributed by atoms with Gasteiger partial charge in [0, 0.05) is 11.8 Å². The molecule has 1 atom stereocenters. The first kappa shape index (κ1) is 20.8. The number of nitrogens with zero attached hydrogens (tertiary/aromatic N) is 4. The van der Waals surface area contributed by atoms with Crippen LogP contribution in [0.25, 0.3) is 11.3 Å². The van der Waals surface area contributed by atoms with Crippen molar-refractivity contribution >= 4 is 17.1 Å². The number of nitrogens with two attached hydrogens (primary N) is 2. The van der Waals surface area contributed by atoms with E-state index < -0.39 is 0 Å². The van der Waals surface area contributed by atoms with E-state index in [0.717, 1.165) is 42.0 Å². The fourth-order valence-electron chi connectivity index (χ4n) is 5.34. The topological polar surface area (TPSA) is 95.6 Å². The maximum Gasteiger partial charge on any atom is 0.145 e. The number of allylic oxidation sites excluding steroid dienone is 4. The predicted molar refractivity (Wildman–Crippen MR) is 128 cm³/mol. The van der Waals surface area contributed by atoms with E-state index in [4.69, 9.17) is 21.5 Å². The zero-order valence-electron chi connectivity index (χ0n) is 18.8. The van der Waals surface area contributed by atoms with Crippen molar-refractivity contribution in [3.63, 3.8) is 0 Å². The van der Waals surface area contributed by atoms with Gasteiger partial charge in [-0.05, 0) is 63.0 Å². The number of rotatable bonds is 4. The number of anilines is 1. The molecule has 4 N–H and O–H groups in total. The molecule has 3 aliphatic carbocycles. The van der Waals surface area contributed by atoms with Gasteiger partial charge in [-0.2, -0.15) is 5.10 Å². The maximum atomic E-state index is 6.27. The summed E-state index contributed by atoms with van der Waals surface area (Å²) in [6, 6.07) is 0.413. The van der Waals surface area contributed by atoms with Crippen LogP contribution < -0.4 is 11.5 Å². The van der Waals surface area contributed by atoms with Gasteiger partial charge in [0.05, 0.1) is 29.2 Å². The second-order valence-electron chi connectivity index (χ2n) is 9.15. The van der Waals surface area contributed by atoms with Crippen molar-refractivity contribution in [1.29, 1.82) is 0 Å². The van der Waals surface area contributed by atoms with Crippen LogP contribution in [0.1, 0.15) is 87.0 Å². The molecule has 0 radical (unpaired) electrons. The van der Waals surface area contributed by atoms with Gasteiger partial charge in [0.2, 0.25) is 0 Å². The average Bonchev–Trinajstić information content (AvgIpc) is 3.42. The summed E-state index contributed by atoms with van der Waals surface area (Å²) in [5.41, 5.74) is 22.0. The number of aryl methyl sites for hydroxylation is 1. The number of hydrogen-bond donors (Lipinski definition) is 2. The molecule has 2 heterocycles. The normalized spacial score (nSPS) is 21.4. The van der Waals surface area contributed by atoms with Gasteiger partial charge < -0.3 is 11.5 Å². The molecule has 6 nitrogen and oxygen atoms in total. The molecule has 0 amide bonds. The van der Waals surface area contributed by atoms with Crippen LogP contribution in [0.3, 0.4) is 0 Å². The van der Waals surface area contributed by atoms with E-state index >= 15 is 0 Å². The summed E-state index contributed by atoms with van der Waals surface area (Å²) in [5.74, 6) is 1.27. The molecule has 2 aromatic rings. The predicted octanol–water partition coefficient (Wildman–Crippen LogP) is 4.95. The highest BCUT2D eigenvalue weighted by Gasteiger charge is 2.24. The molecule has 1 unspecified atom stereocenters. The molecule has 0 aliphatic heterocycles. The van der Waals surface area contributed by atoms with Crippen LogP contribution >= 0.6 is 0 Å². The highest BCUT2D eigenvalue weighted by atomic mass is 15.3. The van der Waals surface area contributed by atoms with Gasteiger partial charge in [-0.1, -0.05) is 31.4 Å². The van der Waals surface area contributed by atoms with Crippen molar-refractivity contribution < 1.29 is 0 Å². The van der Waals surface area contributed by atoms with Crippen molar-refractivity contribution in [2.75, 3.05) is 5.73 Å². The van der Waals surface area contributed by atoms with Crippen LogP contribution in [0.4, 0.5) is 5.82 Å². The fraction of sp³-hybridized carbons (Fsp3) is 0.462. The van der Waals surface area contributed by atoms with Gasteiger partial charge in [-0.3, -0.25) is 4.68 Å². The first-order valence-electron chi connectivity index (χ1n) is 12.0. The Bertz CT molecular complexity index is 1140. The van der Waals surface area contributed by atoms with E-state index in [0.29, 0.717) is 35.4 Å². The molecule has 5 rings (SSSR count). The van der Waals surface area contributed by atoms with Crippen molar-refractivity contribution in [3.8, 4) is 0 Å². The third kappa shape index (κ3) is 3.91. The molecule has 6 heteroatoms. The highest BCUT2D eigenvalue weighted by Crippen LogP contribution is 2.38. The third-order valence-corrected chi connectivity index (χ3v) is 7.15. The van der Waals surface area contributed by atoms with Gasteiger partial charge in [0.1, 0.15) is 17.2 Å². The van der Waals surface area contributed by atoms with E-state index in [2.05, 4.69) is 27.7 Å². The van der Waals surface area contributed by atoms with Gasteiger partial charge in [-0.15, -0.1) is 5.73 Å². The van der Waals surface area contributed by atoms with Crippen LogP contribution in [0.15, 0.2) is 41.9 Å². The van der Waals surface area contributed by atoms with Crippen molar-refractivity contribution in [2.24, 2.45) is 11.7 Å². The first-order valence-corrected chi connectivity index (χ1v) is 12.0. The molecule has 0 saturated heterocycles. The Hall–Kier alpha value is -3.11. The molecular formula is C26H32N6. The Labute approximate surface area is 189 Å². The summed E-state index contributed by atoms with van der Waals surface area (Å²) in [6.07, 6.45) is 21.1. The van der Waals surface area contributed by atoms with Crippen molar-refractivity contribution in [3.05, 3.63) is 64.6 Å². The number of fused-ring (bicyclic) bond motifs is 1. The minimum atomic E-state index is 0.413. The highest BCUT2D eigenvalue weighted by molar-refractivity contribution is 5.85. The molecule has 1 fully saturated rings. The third-order valence-electron chi connectivity index (χ3n) is 7.15. The molecule has 32 heavy (non-hydrogen) atoms. The maximum absolute atomic E-state index is 6.27. The number of hydrogen-bond acceptors (Lipinski definition) is 5. The largest absolute Gasteiger partial charge is 0.397 e. The summed E-state index contributed by atoms with van der Waals surface area (Å²) >= 11 is 0. The smallest absolute Gasteiger partial charge is 0.145 e. The zero-order valence-corrected chi connectivity index (χ0v) is 18.8. The lowest BCUT2D eigenvalue weighted by molar-refractivity contribution is 0.405. The van der Waals surface area contributed by atoms with Crippen LogP contribution in [0, 0.1) is 5.92 Å². The van der Waals surface area contributed by atoms with E-state index in [-0.39, 0.29) is 0 Å². The Morgan fingerprint density at radius 2 is 1.94 bits per heavy atom. The lowest BCUT2D eigenvalue weighted by Gasteiger charge is -2.17. The first-order chi connectivity index (χ1) is 15.6. The standard InChI is InChI=1S/C26H32N6/c1-2-23-26(28)31-24-21(11-6-12-22(27)25(24)30-23)19-15-29-32(16-19)20-10-5-9-18(13-14-20)17-7-3-4-8-17/h6,9,12,15-17,20H,2-5,7-8,10,13-14,27H2,1H3,(H2,28,31). The van der Waals surface area contributed by atoms with Gasteiger partial charge in [0.25, 0.3) is 0 Å². The molecule has 2 aromatic heterocycles. The summed E-state index contributed by atoms with van der Waals surface area (Å²) in [7, 11) is 0. The lowest BCUT2D eigenvalue weighted by atomic mass is 9.93. The van der Waals surface area contributed by atoms with E-state index in [9.17, 15) is 0 Å². The van der Waals surface area contributed by atoms with Crippen molar-refractivity contribution in [1.82, 2.24) is 19.7 Å². The average molecular weight is 429 g/mol. The van der Waals surface area contributed by atoms with Crippen LogP contribution in [0.2, 0.25) is 0 Å². The Morgan fingerprint density at radius 1 is 1.09 bits per heavy atom. The Morgan fingerprint density at radius 3 is 2.75 bits per heavy atom. The SMILES string of the molecule is CCc1nc2c(nc1N)C(c1cnn(C3CCC=C(C4CCCC4)CC3)c1)=C=CC=C2N. The number of aromatic nitrogens is 4. The van der Waals surface area contributed by atoms with E-state index in [1.54, 1.807) is 5.57 Å². The quantitative estimate of drug-likeness (QED) is 0.531. The van der Waals surface area contributed by atoms with Gasteiger partial charge in [-0.25, -0.2) is 9.97 Å². The molecule has 0 bridgehead atoms. The van der Waals surface area contributed by atoms with E-state index in [1.165, 1.54) is 32.1 Å². The van der Waals surface area contributed by atoms with Gasteiger partial charge >= 0.3 is 0 Å². The van der Waals surface area contributed by atoms with Crippen molar-refractivity contribution in [2.45, 2.75) is 70.8 Å². The summed E-state index contributed by atoms with van der Waals surface area (Å²) in [5, 5.41) is 4.75. The molecular weight excluding hydrogens is 396 g/mol. The molecule has 0 aromatic carbocycles. The summed E-state index contributed by atoms with van der Waals surface area (Å²) < 4.78 is 2.13. The minimum absolute atomic E-state index is 0.413. The van der Waals surface area contributed by atoms with Gasteiger partial charge in [0.15, 0.2) is 0 Å². The monoisotopic (exact) mass is 428 g/mol. The number of nitrogen functional groups attached to an aromatic ring is 1. The second kappa shape index (κ2) is 8.79. The second-order valence-corrected chi connectivity index (χ2v) is 9.15. The zero-order chi connectivity index (χ0) is 22.1. The van der Waals surface area contributed by atoms with Crippen LogP contribution in [0.5, 0.6) is 0 Å². The van der Waals surface area contributed by atoms with Crippen LogP contribution in [-0.4, -0.2) is 19.7 Å². The molecule has 166 valence electrons. The fourth-order valence-corrected chi connectivity index (χ4v) is 5.34. The molecule has 3 aliphatic rings. The molecule has 1 saturated carbocycles. The summed E-state index contributed by atoms with van der Waals surface area (Å²) in [4.78, 5) is 9.38. The Kier molecular flexibility index (Phi) is 5.71. The summed E-state index contributed by atoms with van der Waals surface area (Å²) in [6.45, 7) is 2.02.